The van der Waals surface area contributed by atoms with Gasteiger partial charge in [0.15, 0.2) is 0 Å². The van der Waals surface area contributed by atoms with Gasteiger partial charge >= 0.3 is 0 Å². The number of nitrogens with one attached hydrogen (secondary N) is 1. The summed E-state index contributed by atoms with van der Waals surface area (Å²) in [5, 5.41) is 3.45. The fourth-order valence-electron chi connectivity index (χ4n) is 2.90. The third-order valence-corrected chi connectivity index (χ3v) is 4.79. The molecule has 1 heterocycles. The van der Waals surface area contributed by atoms with E-state index in [1.165, 1.54) is 5.56 Å². The standard InChI is InChI=1S/C22H30ClN3O/c1-6-7-12-26(15-16-8-10-17(11-9-16)22(2,3)4)21(27)19-13-18(23)14-25-20(19)24-5/h8-11,13-14H,6-7,12,15H2,1-5H3,(H,24,25). The number of carbonyl (C=O) groups is 1. The highest BCUT2D eigenvalue weighted by atomic mass is 35.5. The Morgan fingerprint density at radius 2 is 1.89 bits per heavy atom. The third kappa shape index (κ3) is 5.70. The Bertz CT molecular complexity index is 766. The van der Waals surface area contributed by atoms with Crippen molar-refractivity contribution in [3.05, 3.63) is 58.2 Å². The second kappa shape index (κ2) is 9.23. The maximum atomic E-state index is 13.2. The van der Waals surface area contributed by atoms with Crippen LogP contribution in [0, 0.1) is 0 Å². The Kier molecular flexibility index (Phi) is 7.25. The van der Waals surface area contributed by atoms with Crippen LogP contribution in [-0.2, 0) is 12.0 Å². The highest BCUT2D eigenvalue weighted by Gasteiger charge is 2.20. The van der Waals surface area contributed by atoms with Crippen molar-refractivity contribution in [2.24, 2.45) is 0 Å². The van der Waals surface area contributed by atoms with Crippen LogP contribution in [0.4, 0.5) is 5.82 Å². The van der Waals surface area contributed by atoms with Crippen molar-refractivity contribution in [1.29, 1.82) is 0 Å². The second-order valence-corrected chi connectivity index (χ2v) is 8.26. The molecule has 2 rings (SSSR count). The number of pyridine rings is 1. The van der Waals surface area contributed by atoms with Gasteiger partial charge in [0.1, 0.15) is 5.82 Å². The molecule has 1 aromatic carbocycles. The van der Waals surface area contributed by atoms with E-state index < -0.39 is 0 Å². The molecule has 0 spiro atoms. The second-order valence-electron chi connectivity index (χ2n) is 7.83. The van der Waals surface area contributed by atoms with Crippen LogP contribution < -0.4 is 5.32 Å². The van der Waals surface area contributed by atoms with E-state index in [-0.39, 0.29) is 11.3 Å². The highest BCUT2D eigenvalue weighted by Crippen LogP contribution is 2.24. The van der Waals surface area contributed by atoms with Crippen LogP contribution in [0.25, 0.3) is 0 Å². The number of halogens is 1. The van der Waals surface area contributed by atoms with E-state index in [2.05, 4.69) is 62.3 Å². The quantitative estimate of drug-likeness (QED) is 0.680. The number of carbonyl (C=O) groups excluding carboxylic acids is 1. The number of hydrogen-bond donors (Lipinski definition) is 1. The Morgan fingerprint density at radius 1 is 1.22 bits per heavy atom. The number of benzene rings is 1. The van der Waals surface area contributed by atoms with Gasteiger partial charge in [-0.2, -0.15) is 0 Å². The zero-order valence-corrected chi connectivity index (χ0v) is 17.7. The summed E-state index contributed by atoms with van der Waals surface area (Å²) in [7, 11) is 1.76. The summed E-state index contributed by atoms with van der Waals surface area (Å²) in [4.78, 5) is 19.3. The maximum Gasteiger partial charge on any atom is 0.257 e. The number of unbranched alkanes of at least 4 members (excludes halogenated alkanes) is 1. The predicted octanol–water partition coefficient (Wildman–Crippen LogP) is 5.52. The summed E-state index contributed by atoms with van der Waals surface area (Å²) < 4.78 is 0. The molecule has 27 heavy (non-hydrogen) atoms. The van der Waals surface area contributed by atoms with Crippen LogP contribution in [0.1, 0.15) is 62.0 Å². The summed E-state index contributed by atoms with van der Waals surface area (Å²) in [5.74, 6) is 0.497. The SMILES string of the molecule is CCCCN(Cc1ccc(C(C)(C)C)cc1)C(=O)c1cc(Cl)cnc1NC. The first-order chi connectivity index (χ1) is 12.8. The molecule has 0 saturated carbocycles. The zero-order valence-electron chi connectivity index (χ0n) is 17.0. The molecule has 2 aromatic rings. The molecule has 0 aliphatic carbocycles. The molecule has 1 N–H and O–H groups in total. The lowest BCUT2D eigenvalue weighted by Gasteiger charge is -2.25. The van der Waals surface area contributed by atoms with Crippen molar-refractivity contribution in [3.63, 3.8) is 0 Å². The molecule has 1 amide bonds. The summed E-state index contributed by atoms with van der Waals surface area (Å²) >= 11 is 6.09. The van der Waals surface area contributed by atoms with Gasteiger partial charge in [-0.3, -0.25) is 4.79 Å². The molecular formula is C22H30ClN3O. The summed E-state index contributed by atoms with van der Waals surface area (Å²) in [5.41, 5.74) is 3.03. The van der Waals surface area contributed by atoms with Crippen molar-refractivity contribution in [2.45, 2.75) is 52.5 Å². The van der Waals surface area contributed by atoms with Gasteiger partial charge in [0.2, 0.25) is 0 Å². The topological polar surface area (TPSA) is 45.2 Å². The molecule has 0 radical (unpaired) electrons. The van der Waals surface area contributed by atoms with Gasteiger partial charge in [-0.1, -0.05) is 70.0 Å². The van der Waals surface area contributed by atoms with E-state index in [1.54, 1.807) is 19.3 Å². The third-order valence-electron chi connectivity index (χ3n) is 4.58. The summed E-state index contributed by atoms with van der Waals surface area (Å²) in [6.07, 6.45) is 3.53. The minimum atomic E-state index is -0.0531. The Labute approximate surface area is 167 Å². The average molecular weight is 388 g/mol. The molecule has 0 saturated heterocycles. The highest BCUT2D eigenvalue weighted by molar-refractivity contribution is 6.31. The summed E-state index contributed by atoms with van der Waals surface area (Å²) in [6.45, 7) is 9.99. The Balaban J connectivity index is 2.27. The molecule has 0 unspecified atom stereocenters. The normalized spacial score (nSPS) is 11.3. The van der Waals surface area contributed by atoms with Crippen molar-refractivity contribution in [1.82, 2.24) is 9.88 Å². The molecular weight excluding hydrogens is 358 g/mol. The van der Waals surface area contributed by atoms with Gasteiger partial charge < -0.3 is 10.2 Å². The molecule has 0 atom stereocenters. The number of rotatable bonds is 7. The first-order valence-corrected chi connectivity index (χ1v) is 9.86. The number of anilines is 1. The van der Waals surface area contributed by atoms with E-state index in [1.807, 2.05) is 4.90 Å². The Hall–Kier alpha value is -2.07. The van der Waals surface area contributed by atoms with Crippen LogP contribution in [0.2, 0.25) is 5.02 Å². The van der Waals surface area contributed by atoms with Gasteiger partial charge in [0, 0.05) is 26.3 Å². The van der Waals surface area contributed by atoms with E-state index >= 15 is 0 Å². The number of aromatic nitrogens is 1. The first-order valence-electron chi connectivity index (χ1n) is 9.48. The van der Waals surface area contributed by atoms with Crippen molar-refractivity contribution in [2.75, 3.05) is 18.9 Å². The van der Waals surface area contributed by atoms with Crippen LogP contribution in [0.15, 0.2) is 36.5 Å². The fourth-order valence-corrected chi connectivity index (χ4v) is 3.06. The first kappa shape index (κ1) is 21.2. The van der Waals surface area contributed by atoms with Crippen molar-refractivity contribution < 1.29 is 4.79 Å². The molecule has 0 aliphatic heterocycles. The van der Waals surface area contributed by atoms with Gasteiger partial charge in [-0.25, -0.2) is 4.98 Å². The predicted molar refractivity (Wildman–Crippen MR) is 114 cm³/mol. The van der Waals surface area contributed by atoms with Crippen molar-refractivity contribution >= 4 is 23.3 Å². The Morgan fingerprint density at radius 3 is 2.44 bits per heavy atom. The van der Waals surface area contributed by atoms with Crippen LogP contribution in [-0.4, -0.2) is 29.4 Å². The minimum Gasteiger partial charge on any atom is -0.372 e. The van der Waals surface area contributed by atoms with Crippen LogP contribution in [0.5, 0.6) is 0 Å². The molecule has 0 bridgehead atoms. The largest absolute Gasteiger partial charge is 0.372 e. The van der Waals surface area contributed by atoms with Gasteiger partial charge in [0.25, 0.3) is 5.91 Å². The summed E-state index contributed by atoms with van der Waals surface area (Å²) in [6, 6.07) is 10.2. The van der Waals surface area contributed by atoms with Gasteiger partial charge in [-0.15, -0.1) is 0 Å². The lowest BCUT2D eigenvalue weighted by atomic mass is 9.87. The van der Waals surface area contributed by atoms with E-state index in [0.29, 0.717) is 29.5 Å². The van der Waals surface area contributed by atoms with Crippen molar-refractivity contribution in [3.8, 4) is 0 Å². The molecule has 1 aromatic heterocycles. The molecule has 146 valence electrons. The van der Waals surface area contributed by atoms with E-state index in [9.17, 15) is 4.79 Å². The number of hydrogen-bond acceptors (Lipinski definition) is 3. The lowest BCUT2D eigenvalue weighted by Crippen LogP contribution is -2.32. The van der Waals surface area contributed by atoms with E-state index in [0.717, 1.165) is 18.4 Å². The van der Waals surface area contributed by atoms with E-state index in [4.69, 9.17) is 11.6 Å². The molecule has 5 heteroatoms. The van der Waals surface area contributed by atoms with Crippen LogP contribution in [0.3, 0.4) is 0 Å². The lowest BCUT2D eigenvalue weighted by molar-refractivity contribution is 0.0741. The molecule has 4 nitrogen and oxygen atoms in total. The number of nitrogens with zero attached hydrogens (tertiary/aromatic N) is 2. The zero-order chi connectivity index (χ0) is 20.0. The van der Waals surface area contributed by atoms with Gasteiger partial charge in [-0.05, 0) is 29.0 Å². The smallest absolute Gasteiger partial charge is 0.257 e. The molecule has 0 aliphatic rings. The maximum absolute atomic E-state index is 13.2. The molecule has 0 fully saturated rings. The minimum absolute atomic E-state index is 0.0531. The van der Waals surface area contributed by atoms with Gasteiger partial charge in [0.05, 0.1) is 10.6 Å². The number of amides is 1. The average Bonchev–Trinajstić information content (AvgIpc) is 2.64. The fraction of sp³-hybridized carbons (Fsp3) is 0.455. The monoisotopic (exact) mass is 387 g/mol. The van der Waals surface area contributed by atoms with Crippen LogP contribution >= 0.6 is 11.6 Å².